The minimum absolute atomic E-state index is 0.0209. The molecule has 2 aliphatic rings. The normalized spacial score (nSPS) is 20.0. The maximum atomic E-state index is 12.9. The van der Waals surface area contributed by atoms with Gasteiger partial charge in [-0.2, -0.15) is 0 Å². The van der Waals surface area contributed by atoms with Crippen molar-refractivity contribution in [2.75, 3.05) is 30.3 Å². The van der Waals surface area contributed by atoms with Crippen LogP contribution in [0.3, 0.4) is 0 Å². The number of piperidine rings is 1. The van der Waals surface area contributed by atoms with Gasteiger partial charge >= 0.3 is 0 Å². The molecule has 2 fully saturated rings. The Morgan fingerprint density at radius 1 is 0.935 bits per heavy atom. The summed E-state index contributed by atoms with van der Waals surface area (Å²) in [7, 11) is 0. The number of nitrogens with one attached hydrogen (secondary N) is 2. The number of rotatable bonds is 4. The summed E-state index contributed by atoms with van der Waals surface area (Å²) < 4.78 is 0. The van der Waals surface area contributed by atoms with E-state index in [2.05, 4.69) is 10.6 Å². The molecule has 168 valence electrons. The summed E-state index contributed by atoms with van der Waals surface area (Å²) in [6, 6.07) is 6.98. The molecule has 1 unspecified atom stereocenters. The third kappa shape index (κ3) is 5.62. The molecule has 3 rings (SSSR count). The van der Waals surface area contributed by atoms with E-state index in [0.29, 0.717) is 43.9 Å². The van der Waals surface area contributed by atoms with Gasteiger partial charge in [-0.1, -0.05) is 0 Å². The van der Waals surface area contributed by atoms with Gasteiger partial charge in [0, 0.05) is 55.8 Å². The molecular formula is C23H32N4O4. The van der Waals surface area contributed by atoms with Crippen molar-refractivity contribution in [3.8, 4) is 0 Å². The van der Waals surface area contributed by atoms with Crippen LogP contribution in [0.4, 0.5) is 11.4 Å². The molecule has 8 heteroatoms. The Balaban J connectivity index is 1.49. The highest BCUT2D eigenvalue weighted by Crippen LogP contribution is 2.29. The van der Waals surface area contributed by atoms with E-state index < -0.39 is 0 Å². The summed E-state index contributed by atoms with van der Waals surface area (Å²) in [4.78, 5) is 52.5. The van der Waals surface area contributed by atoms with Crippen molar-refractivity contribution in [2.45, 2.75) is 52.5 Å². The molecule has 2 aliphatic heterocycles. The third-order valence-corrected chi connectivity index (χ3v) is 5.93. The molecular weight excluding hydrogens is 396 g/mol. The van der Waals surface area contributed by atoms with Crippen LogP contribution in [0.25, 0.3) is 0 Å². The van der Waals surface area contributed by atoms with E-state index >= 15 is 0 Å². The molecule has 2 heterocycles. The van der Waals surface area contributed by atoms with E-state index in [1.54, 1.807) is 34.1 Å². The van der Waals surface area contributed by atoms with Crippen molar-refractivity contribution in [2.24, 2.45) is 11.8 Å². The highest BCUT2D eigenvalue weighted by atomic mass is 16.2. The molecule has 0 saturated carbocycles. The van der Waals surface area contributed by atoms with Gasteiger partial charge in [-0.15, -0.1) is 0 Å². The van der Waals surface area contributed by atoms with Gasteiger partial charge in [-0.05, 0) is 57.9 Å². The second kappa shape index (κ2) is 9.08. The van der Waals surface area contributed by atoms with Crippen LogP contribution in [0.5, 0.6) is 0 Å². The maximum absolute atomic E-state index is 12.9. The van der Waals surface area contributed by atoms with Crippen LogP contribution < -0.4 is 10.6 Å². The van der Waals surface area contributed by atoms with Crippen molar-refractivity contribution >= 4 is 35.0 Å². The first-order valence-electron chi connectivity index (χ1n) is 10.8. The lowest BCUT2D eigenvalue weighted by atomic mass is 9.94. The number of amides is 4. The lowest BCUT2D eigenvalue weighted by molar-refractivity contribution is -0.138. The van der Waals surface area contributed by atoms with E-state index in [-0.39, 0.29) is 47.4 Å². The molecule has 0 aliphatic carbocycles. The number of carbonyl (C=O) groups is 4. The lowest BCUT2D eigenvalue weighted by Gasteiger charge is -2.34. The smallest absolute Gasteiger partial charge is 0.227 e. The van der Waals surface area contributed by atoms with E-state index in [0.717, 1.165) is 0 Å². The molecule has 0 bridgehead atoms. The van der Waals surface area contributed by atoms with E-state index in [4.69, 9.17) is 0 Å². The summed E-state index contributed by atoms with van der Waals surface area (Å²) in [5.74, 6) is -0.604. The van der Waals surface area contributed by atoms with Crippen molar-refractivity contribution < 1.29 is 19.2 Å². The van der Waals surface area contributed by atoms with Crippen molar-refractivity contribution in [1.29, 1.82) is 0 Å². The average Bonchev–Trinajstić information content (AvgIpc) is 3.11. The summed E-state index contributed by atoms with van der Waals surface area (Å²) in [6.45, 7) is 8.91. The molecule has 0 aromatic heterocycles. The molecule has 1 aromatic rings. The minimum atomic E-state index is -0.292. The summed E-state index contributed by atoms with van der Waals surface area (Å²) in [5.41, 5.74) is 1.06. The van der Waals surface area contributed by atoms with Gasteiger partial charge in [-0.3, -0.25) is 19.2 Å². The molecule has 31 heavy (non-hydrogen) atoms. The fraction of sp³-hybridized carbons (Fsp3) is 0.565. The molecule has 8 nitrogen and oxygen atoms in total. The number of carbonyl (C=O) groups excluding carboxylic acids is 4. The summed E-state index contributed by atoms with van der Waals surface area (Å²) in [6.07, 6.45) is 1.47. The summed E-state index contributed by atoms with van der Waals surface area (Å²) >= 11 is 0. The first-order chi connectivity index (χ1) is 14.5. The molecule has 0 radical (unpaired) electrons. The second-order valence-electron chi connectivity index (χ2n) is 9.42. The van der Waals surface area contributed by atoms with Gasteiger partial charge in [-0.25, -0.2) is 0 Å². The molecule has 1 atom stereocenters. The Morgan fingerprint density at radius 2 is 1.48 bits per heavy atom. The molecule has 2 saturated heterocycles. The van der Waals surface area contributed by atoms with E-state index in [1.165, 1.54) is 6.92 Å². The van der Waals surface area contributed by atoms with Crippen LogP contribution in [-0.4, -0.2) is 58.6 Å². The first kappa shape index (κ1) is 22.8. The zero-order valence-corrected chi connectivity index (χ0v) is 18.7. The number of nitrogens with zero attached hydrogens (tertiary/aromatic N) is 2. The molecule has 0 spiro atoms. The highest BCUT2D eigenvalue weighted by molar-refractivity contribution is 5.94. The van der Waals surface area contributed by atoms with Gasteiger partial charge in [0.05, 0.1) is 5.92 Å². The Hall–Kier alpha value is -2.90. The molecule has 2 N–H and O–H groups in total. The van der Waals surface area contributed by atoms with Crippen molar-refractivity contribution in [3.05, 3.63) is 24.3 Å². The third-order valence-electron chi connectivity index (χ3n) is 5.93. The lowest BCUT2D eigenvalue weighted by Crippen LogP contribution is -2.46. The van der Waals surface area contributed by atoms with E-state index in [1.807, 2.05) is 20.8 Å². The number of hydrogen-bond acceptors (Lipinski definition) is 4. The monoisotopic (exact) mass is 428 g/mol. The minimum Gasteiger partial charge on any atom is -0.342 e. The van der Waals surface area contributed by atoms with Crippen molar-refractivity contribution in [1.82, 2.24) is 9.80 Å². The van der Waals surface area contributed by atoms with Crippen LogP contribution >= 0.6 is 0 Å². The zero-order chi connectivity index (χ0) is 22.8. The Morgan fingerprint density at radius 3 is 1.97 bits per heavy atom. The fourth-order valence-electron chi connectivity index (χ4n) is 4.23. The first-order valence-corrected chi connectivity index (χ1v) is 10.8. The van der Waals surface area contributed by atoms with Crippen LogP contribution in [0.1, 0.15) is 47.0 Å². The van der Waals surface area contributed by atoms with Crippen LogP contribution in [0.2, 0.25) is 0 Å². The van der Waals surface area contributed by atoms with Crippen LogP contribution in [0.15, 0.2) is 24.3 Å². The average molecular weight is 429 g/mol. The van der Waals surface area contributed by atoms with Gasteiger partial charge < -0.3 is 20.4 Å². The fourth-order valence-corrected chi connectivity index (χ4v) is 4.23. The number of anilines is 2. The quantitative estimate of drug-likeness (QED) is 0.770. The van der Waals surface area contributed by atoms with Gasteiger partial charge in [0.15, 0.2) is 0 Å². The standard InChI is InChI=1S/C23H32N4O4/c1-15(28)24-18-5-7-19(8-6-18)25-21(30)16-9-11-26(12-10-16)22(31)17-13-20(29)27(14-17)23(2,3)4/h5-8,16-17H,9-14H2,1-4H3,(H,24,28)(H,25,30). The molecule has 1 aromatic carbocycles. The predicted octanol–water partition coefficient (Wildman–Crippen LogP) is 2.47. The molecule has 4 amide bonds. The van der Waals surface area contributed by atoms with Crippen LogP contribution in [-0.2, 0) is 19.2 Å². The predicted molar refractivity (Wildman–Crippen MR) is 118 cm³/mol. The number of hydrogen-bond donors (Lipinski definition) is 2. The Labute approximate surface area is 183 Å². The maximum Gasteiger partial charge on any atom is 0.227 e. The number of likely N-dealkylation sites (tertiary alicyclic amines) is 2. The topological polar surface area (TPSA) is 98.8 Å². The second-order valence-corrected chi connectivity index (χ2v) is 9.42. The van der Waals surface area contributed by atoms with Gasteiger partial charge in [0.2, 0.25) is 23.6 Å². The van der Waals surface area contributed by atoms with Crippen LogP contribution in [0, 0.1) is 11.8 Å². The summed E-state index contributed by atoms with van der Waals surface area (Å²) in [5, 5.41) is 5.60. The SMILES string of the molecule is CC(=O)Nc1ccc(NC(=O)C2CCN(C(=O)C3CC(=O)N(C(C)(C)C)C3)CC2)cc1. The largest absolute Gasteiger partial charge is 0.342 e. The number of benzene rings is 1. The zero-order valence-electron chi connectivity index (χ0n) is 18.7. The highest BCUT2D eigenvalue weighted by Gasteiger charge is 2.41. The van der Waals surface area contributed by atoms with Gasteiger partial charge in [0.25, 0.3) is 0 Å². The Kier molecular flexibility index (Phi) is 6.67. The Bertz CT molecular complexity index is 851. The van der Waals surface area contributed by atoms with Crippen molar-refractivity contribution in [3.63, 3.8) is 0 Å². The van der Waals surface area contributed by atoms with Gasteiger partial charge in [0.1, 0.15) is 0 Å². The van der Waals surface area contributed by atoms with E-state index in [9.17, 15) is 19.2 Å².